The van der Waals surface area contributed by atoms with Crippen molar-refractivity contribution in [3.8, 4) is 0 Å². The van der Waals surface area contributed by atoms with Crippen LogP contribution >= 0.6 is 0 Å². The molecule has 4 nitrogen and oxygen atoms in total. The van der Waals surface area contributed by atoms with E-state index in [0.29, 0.717) is 18.8 Å². The molecule has 0 aromatic carbocycles. The Balaban J connectivity index is 1.56. The molecule has 2 fully saturated rings. The summed E-state index contributed by atoms with van der Waals surface area (Å²) >= 11 is 0. The van der Waals surface area contributed by atoms with Gasteiger partial charge in [-0.2, -0.15) is 0 Å². The van der Waals surface area contributed by atoms with Crippen LogP contribution in [0.1, 0.15) is 32.1 Å². The molecular formula is C12H20O4. The van der Waals surface area contributed by atoms with Gasteiger partial charge in [-0.1, -0.05) is 0 Å². The Kier molecular flexibility index (Phi) is 4.18. The minimum Gasteiger partial charge on any atom is -0.465 e. The Morgan fingerprint density at radius 1 is 1.25 bits per heavy atom. The lowest BCUT2D eigenvalue weighted by atomic mass is 9.89. The molecule has 4 heteroatoms. The topological polar surface area (TPSA) is 48.1 Å². The van der Waals surface area contributed by atoms with Crippen molar-refractivity contribution in [2.24, 2.45) is 5.92 Å². The maximum atomic E-state index is 11.7. The number of carbonyl (C=O) groups is 1. The molecule has 16 heavy (non-hydrogen) atoms. The fourth-order valence-corrected chi connectivity index (χ4v) is 2.26. The molecule has 0 radical (unpaired) electrons. The van der Waals surface area contributed by atoms with Gasteiger partial charge in [-0.15, -0.1) is 0 Å². The summed E-state index contributed by atoms with van der Waals surface area (Å²) in [7, 11) is 1.68. The van der Waals surface area contributed by atoms with Crippen LogP contribution in [-0.4, -0.2) is 38.5 Å². The third-order valence-electron chi connectivity index (χ3n) is 3.32. The lowest BCUT2D eigenvalue weighted by Gasteiger charge is -2.17. The Morgan fingerprint density at radius 2 is 2.06 bits per heavy atom. The summed E-state index contributed by atoms with van der Waals surface area (Å²) in [5, 5.41) is 0. The first-order valence-electron chi connectivity index (χ1n) is 6.12. The average Bonchev–Trinajstić information content (AvgIpc) is 3.06. The highest BCUT2D eigenvalue weighted by Crippen LogP contribution is 2.39. The molecule has 92 valence electrons. The van der Waals surface area contributed by atoms with Gasteiger partial charge < -0.3 is 14.2 Å². The zero-order valence-corrected chi connectivity index (χ0v) is 9.81. The molecule has 1 aliphatic heterocycles. The first kappa shape index (κ1) is 11.9. The zero-order valence-electron chi connectivity index (χ0n) is 9.81. The number of hydrogen-bond donors (Lipinski definition) is 0. The zero-order chi connectivity index (χ0) is 11.4. The van der Waals surface area contributed by atoms with Crippen LogP contribution in [0.25, 0.3) is 0 Å². The number of epoxide rings is 1. The first-order chi connectivity index (χ1) is 7.81. The molecule has 1 saturated heterocycles. The van der Waals surface area contributed by atoms with E-state index in [1.807, 2.05) is 0 Å². The first-order valence-corrected chi connectivity index (χ1v) is 6.12. The lowest BCUT2D eigenvalue weighted by molar-refractivity contribution is -0.149. The van der Waals surface area contributed by atoms with Crippen molar-refractivity contribution in [1.82, 2.24) is 0 Å². The molecule has 0 N–H and O–H groups in total. The van der Waals surface area contributed by atoms with E-state index in [-0.39, 0.29) is 11.9 Å². The van der Waals surface area contributed by atoms with Gasteiger partial charge in [-0.25, -0.2) is 0 Å². The van der Waals surface area contributed by atoms with Gasteiger partial charge in [0, 0.05) is 13.7 Å². The van der Waals surface area contributed by atoms with E-state index in [0.717, 1.165) is 38.7 Å². The van der Waals surface area contributed by atoms with E-state index in [9.17, 15) is 4.79 Å². The molecule has 2 aliphatic rings. The molecular weight excluding hydrogens is 208 g/mol. The van der Waals surface area contributed by atoms with Crippen LogP contribution in [-0.2, 0) is 19.0 Å². The van der Waals surface area contributed by atoms with Crippen molar-refractivity contribution in [2.75, 3.05) is 20.3 Å². The molecule has 2 rings (SSSR count). The fourth-order valence-electron chi connectivity index (χ4n) is 2.26. The number of hydrogen-bond acceptors (Lipinski definition) is 4. The lowest BCUT2D eigenvalue weighted by Crippen LogP contribution is -2.24. The summed E-state index contributed by atoms with van der Waals surface area (Å²) in [5.74, 6) is 0.0394. The molecule has 1 saturated carbocycles. The Hall–Kier alpha value is -0.610. The summed E-state index contributed by atoms with van der Waals surface area (Å²) < 4.78 is 15.6. The van der Waals surface area contributed by atoms with Crippen LogP contribution in [0.4, 0.5) is 0 Å². The van der Waals surface area contributed by atoms with Crippen molar-refractivity contribution in [3.63, 3.8) is 0 Å². The SMILES string of the molecule is COCCCCOC(=O)C1CCC2OC2C1. The van der Waals surface area contributed by atoms with Crippen molar-refractivity contribution < 1.29 is 19.0 Å². The molecule has 1 heterocycles. The van der Waals surface area contributed by atoms with Crippen LogP contribution < -0.4 is 0 Å². The van der Waals surface area contributed by atoms with Crippen LogP contribution in [0.2, 0.25) is 0 Å². The molecule has 0 bridgehead atoms. The maximum absolute atomic E-state index is 11.7. The quantitative estimate of drug-likeness (QED) is 0.393. The monoisotopic (exact) mass is 228 g/mol. The standard InChI is InChI=1S/C12H20O4/c1-14-6-2-3-7-15-12(13)9-4-5-10-11(8-9)16-10/h9-11H,2-8H2,1H3. The smallest absolute Gasteiger partial charge is 0.309 e. The second-order valence-corrected chi connectivity index (χ2v) is 4.59. The molecule has 0 amide bonds. The summed E-state index contributed by atoms with van der Waals surface area (Å²) in [6.45, 7) is 1.26. The van der Waals surface area contributed by atoms with Gasteiger partial charge in [0.05, 0.1) is 24.7 Å². The van der Waals surface area contributed by atoms with Gasteiger partial charge in [0.1, 0.15) is 0 Å². The van der Waals surface area contributed by atoms with Crippen molar-refractivity contribution in [3.05, 3.63) is 0 Å². The third-order valence-corrected chi connectivity index (χ3v) is 3.32. The largest absolute Gasteiger partial charge is 0.465 e. The third kappa shape index (κ3) is 3.19. The average molecular weight is 228 g/mol. The van der Waals surface area contributed by atoms with Gasteiger partial charge in [-0.05, 0) is 32.1 Å². The second kappa shape index (κ2) is 5.64. The predicted octanol–water partition coefficient (Wildman–Crippen LogP) is 1.52. The molecule has 0 aromatic heterocycles. The van der Waals surface area contributed by atoms with Gasteiger partial charge in [0.2, 0.25) is 0 Å². The van der Waals surface area contributed by atoms with E-state index in [1.165, 1.54) is 0 Å². The number of fused-ring (bicyclic) bond motifs is 1. The fraction of sp³-hybridized carbons (Fsp3) is 0.917. The van der Waals surface area contributed by atoms with Crippen LogP contribution in [0.15, 0.2) is 0 Å². The van der Waals surface area contributed by atoms with E-state index < -0.39 is 0 Å². The van der Waals surface area contributed by atoms with Crippen LogP contribution in [0, 0.1) is 5.92 Å². The molecule has 3 unspecified atom stereocenters. The van der Waals surface area contributed by atoms with Crippen molar-refractivity contribution in [1.29, 1.82) is 0 Å². The number of esters is 1. The number of unbranched alkanes of at least 4 members (excludes halogenated alkanes) is 1. The maximum Gasteiger partial charge on any atom is 0.309 e. The highest BCUT2D eigenvalue weighted by molar-refractivity contribution is 5.72. The number of methoxy groups -OCH3 is 1. The summed E-state index contributed by atoms with van der Waals surface area (Å²) in [5.41, 5.74) is 0. The van der Waals surface area contributed by atoms with Crippen LogP contribution in [0.5, 0.6) is 0 Å². The molecule has 0 spiro atoms. The van der Waals surface area contributed by atoms with Crippen molar-refractivity contribution in [2.45, 2.75) is 44.3 Å². The number of rotatable bonds is 6. The van der Waals surface area contributed by atoms with Crippen molar-refractivity contribution >= 4 is 5.97 Å². The van der Waals surface area contributed by atoms with Gasteiger partial charge >= 0.3 is 5.97 Å². The van der Waals surface area contributed by atoms with E-state index in [2.05, 4.69) is 0 Å². The minimum absolute atomic E-state index is 0.0358. The Labute approximate surface area is 96.2 Å². The second-order valence-electron chi connectivity index (χ2n) is 4.59. The van der Waals surface area contributed by atoms with Crippen LogP contribution in [0.3, 0.4) is 0 Å². The van der Waals surface area contributed by atoms with Gasteiger partial charge in [0.25, 0.3) is 0 Å². The molecule has 1 aliphatic carbocycles. The number of carbonyl (C=O) groups excluding carboxylic acids is 1. The van der Waals surface area contributed by atoms with E-state index >= 15 is 0 Å². The van der Waals surface area contributed by atoms with Gasteiger partial charge in [0.15, 0.2) is 0 Å². The molecule has 3 atom stereocenters. The molecule has 0 aromatic rings. The summed E-state index contributed by atoms with van der Waals surface area (Å²) in [6.07, 6.45) is 5.44. The Morgan fingerprint density at radius 3 is 2.81 bits per heavy atom. The normalized spacial score (nSPS) is 31.9. The van der Waals surface area contributed by atoms with Gasteiger partial charge in [-0.3, -0.25) is 4.79 Å². The number of ether oxygens (including phenoxy) is 3. The highest BCUT2D eigenvalue weighted by atomic mass is 16.6. The highest BCUT2D eigenvalue weighted by Gasteiger charge is 2.46. The summed E-state index contributed by atoms with van der Waals surface area (Å²) in [4.78, 5) is 11.7. The predicted molar refractivity (Wildman–Crippen MR) is 58.1 cm³/mol. The summed E-state index contributed by atoms with van der Waals surface area (Å²) in [6, 6.07) is 0. The van der Waals surface area contributed by atoms with E-state index in [4.69, 9.17) is 14.2 Å². The van der Waals surface area contributed by atoms with E-state index in [1.54, 1.807) is 7.11 Å². The minimum atomic E-state index is -0.0358. The Bertz CT molecular complexity index is 241.